The Bertz CT molecular complexity index is 394. The van der Waals surface area contributed by atoms with Crippen LogP contribution in [0.5, 0.6) is 0 Å². The third-order valence-corrected chi connectivity index (χ3v) is 2.20. The van der Waals surface area contributed by atoms with Crippen molar-refractivity contribution in [2.75, 3.05) is 6.54 Å². The van der Waals surface area contributed by atoms with Crippen molar-refractivity contribution in [2.24, 2.45) is 0 Å². The lowest BCUT2D eigenvalue weighted by molar-refractivity contribution is -0.163. The molecule has 0 atom stereocenters. The fraction of sp³-hybridized carbons (Fsp3) is 0.643. The van der Waals surface area contributed by atoms with Crippen molar-refractivity contribution < 1.29 is 19.1 Å². The van der Waals surface area contributed by atoms with E-state index in [0.29, 0.717) is 0 Å². The second kappa shape index (κ2) is 7.07. The predicted octanol–water partition coefficient (Wildman–Crippen LogP) is 0.915. The summed E-state index contributed by atoms with van der Waals surface area (Å²) in [5.74, 6) is -1.19. The van der Waals surface area contributed by atoms with E-state index in [4.69, 9.17) is 4.74 Å². The lowest BCUT2D eigenvalue weighted by atomic mass is 10.0. The van der Waals surface area contributed by atoms with Gasteiger partial charge in [0, 0.05) is 13.0 Å². The quantitative estimate of drug-likeness (QED) is 0.561. The van der Waals surface area contributed by atoms with Crippen LogP contribution in [0.3, 0.4) is 0 Å². The van der Waals surface area contributed by atoms with Gasteiger partial charge in [0.1, 0.15) is 11.1 Å². The maximum atomic E-state index is 11.9. The molecule has 0 saturated heterocycles. The molecular formula is C14H24N2O4. The Hall–Kier alpha value is -1.85. The maximum absolute atomic E-state index is 11.9. The molecule has 0 heterocycles. The SMILES string of the molecule is C=CC(=O)NCCC(=O)NC(C)(C)C(=O)OC(C)(C)C. The molecule has 0 rings (SSSR count). The summed E-state index contributed by atoms with van der Waals surface area (Å²) in [5.41, 5.74) is -1.73. The molecule has 0 saturated carbocycles. The Kier molecular flexibility index (Phi) is 6.42. The van der Waals surface area contributed by atoms with Crippen molar-refractivity contribution in [2.45, 2.75) is 52.2 Å². The number of ether oxygens (including phenoxy) is 1. The number of hydrogen-bond acceptors (Lipinski definition) is 4. The van der Waals surface area contributed by atoms with Gasteiger partial charge < -0.3 is 15.4 Å². The molecule has 6 heteroatoms. The minimum atomic E-state index is -1.12. The van der Waals surface area contributed by atoms with Crippen LogP contribution in [-0.2, 0) is 19.1 Å². The molecule has 0 aromatic carbocycles. The average molecular weight is 284 g/mol. The van der Waals surface area contributed by atoms with Crippen LogP contribution in [0.1, 0.15) is 41.0 Å². The van der Waals surface area contributed by atoms with Gasteiger partial charge in [0.15, 0.2) is 0 Å². The Labute approximate surface area is 119 Å². The standard InChI is InChI=1S/C14H24N2O4/c1-7-10(17)15-9-8-11(18)16-14(5,6)12(19)20-13(2,3)4/h7H,1,8-9H2,2-6H3,(H,15,17)(H,16,18). The molecular weight excluding hydrogens is 260 g/mol. The summed E-state index contributed by atoms with van der Waals surface area (Å²) in [4.78, 5) is 34.5. The van der Waals surface area contributed by atoms with Crippen molar-refractivity contribution in [3.8, 4) is 0 Å². The average Bonchev–Trinajstić information content (AvgIpc) is 2.25. The van der Waals surface area contributed by atoms with E-state index in [1.54, 1.807) is 34.6 Å². The number of nitrogens with one attached hydrogen (secondary N) is 2. The van der Waals surface area contributed by atoms with E-state index in [-0.39, 0.29) is 24.8 Å². The molecule has 0 aliphatic rings. The van der Waals surface area contributed by atoms with Crippen LogP contribution in [0.15, 0.2) is 12.7 Å². The van der Waals surface area contributed by atoms with Crippen LogP contribution in [-0.4, -0.2) is 35.5 Å². The fourth-order valence-electron chi connectivity index (χ4n) is 1.24. The summed E-state index contributed by atoms with van der Waals surface area (Å²) in [6.07, 6.45) is 1.20. The minimum absolute atomic E-state index is 0.0752. The molecule has 0 aromatic rings. The van der Waals surface area contributed by atoms with Crippen LogP contribution >= 0.6 is 0 Å². The van der Waals surface area contributed by atoms with Crippen LogP contribution < -0.4 is 10.6 Å². The Balaban J connectivity index is 4.31. The predicted molar refractivity (Wildman–Crippen MR) is 75.9 cm³/mol. The summed E-state index contributed by atoms with van der Waals surface area (Å²) in [6, 6.07) is 0. The molecule has 0 fully saturated rings. The molecule has 0 spiro atoms. The lowest BCUT2D eigenvalue weighted by Crippen LogP contribution is -2.52. The molecule has 114 valence electrons. The van der Waals surface area contributed by atoms with E-state index in [1.165, 1.54) is 0 Å². The monoisotopic (exact) mass is 284 g/mol. The maximum Gasteiger partial charge on any atom is 0.331 e. The number of amides is 2. The van der Waals surface area contributed by atoms with Gasteiger partial charge in [-0.1, -0.05) is 6.58 Å². The second-order valence-corrected chi connectivity index (χ2v) is 5.92. The van der Waals surface area contributed by atoms with Gasteiger partial charge >= 0.3 is 5.97 Å². The first-order valence-corrected chi connectivity index (χ1v) is 6.42. The van der Waals surface area contributed by atoms with E-state index >= 15 is 0 Å². The van der Waals surface area contributed by atoms with Crippen LogP contribution in [0.4, 0.5) is 0 Å². The van der Waals surface area contributed by atoms with Gasteiger partial charge in [0.05, 0.1) is 0 Å². The molecule has 0 unspecified atom stereocenters. The number of esters is 1. The molecule has 2 N–H and O–H groups in total. The van der Waals surface area contributed by atoms with Gasteiger partial charge in [-0.25, -0.2) is 4.79 Å². The van der Waals surface area contributed by atoms with Gasteiger partial charge in [0.2, 0.25) is 11.8 Å². The largest absolute Gasteiger partial charge is 0.458 e. The molecule has 0 radical (unpaired) electrons. The van der Waals surface area contributed by atoms with Crippen molar-refractivity contribution in [3.05, 3.63) is 12.7 Å². The zero-order chi connectivity index (χ0) is 16.0. The van der Waals surface area contributed by atoms with Crippen molar-refractivity contribution in [3.63, 3.8) is 0 Å². The molecule has 0 aliphatic carbocycles. The smallest absolute Gasteiger partial charge is 0.331 e. The van der Waals surface area contributed by atoms with Gasteiger partial charge in [0.25, 0.3) is 0 Å². The number of rotatable bonds is 6. The van der Waals surface area contributed by atoms with Crippen LogP contribution in [0, 0.1) is 0 Å². The third-order valence-electron chi connectivity index (χ3n) is 2.20. The minimum Gasteiger partial charge on any atom is -0.458 e. The second-order valence-electron chi connectivity index (χ2n) is 5.92. The first-order valence-electron chi connectivity index (χ1n) is 6.42. The normalized spacial score (nSPS) is 11.4. The van der Waals surface area contributed by atoms with E-state index in [0.717, 1.165) is 6.08 Å². The van der Waals surface area contributed by atoms with Crippen LogP contribution in [0.25, 0.3) is 0 Å². The van der Waals surface area contributed by atoms with E-state index in [2.05, 4.69) is 17.2 Å². The highest BCUT2D eigenvalue weighted by Crippen LogP contribution is 2.14. The van der Waals surface area contributed by atoms with Crippen molar-refractivity contribution in [1.82, 2.24) is 10.6 Å². The van der Waals surface area contributed by atoms with Gasteiger partial charge in [-0.15, -0.1) is 0 Å². The summed E-state index contributed by atoms with van der Waals surface area (Å²) < 4.78 is 5.23. The van der Waals surface area contributed by atoms with Gasteiger partial charge in [-0.3, -0.25) is 9.59 Å². The van der Waals surface area contributed by atoms with Crippen molar-refractivity contribution in [1.29, 1.82) is 0 Å². The highest BCUT2D eigenvalue weighted by atomic mass is 16.6. The third kappa shape index (κ3) is 7.56. The molecule has 0 bridgehead atoms. The zero-order valence-electron chi connectivity index (χ0n) is 12.8. The number of hydrogen-bond donors (Lipinski definition) is 2. The summed E-state index contributed by atoms with van der Waals surface area (Å²) in [5, 5.41) is 5.06. The van der Waals surface area contributed by atoms with E-state index in [9.17, 15) is 14.4 Å². The molecule has 20 heavy (non-hydrogen) atoms. The van der Waals surface area contributed by atoms with Gasteiger partial charge in [-0.2, -0.15) is 0 Å². The Morgan fingerprint density at radius 1 is 1.15 bits per heavy atom. The number of carbonyl (C=O) groups is 3. The van der Waals surface area contributed by atoms with Crippen LogP contribution in [0.2, 0.25) is 0 Å². The summed E-state index contributed by atoms with van der Waals surface area (Å²) >= 11 is 0. The first kappa shape index (κ1) is 18.1. The number of carbonyl (C=O) groups excluding carboxylic acids is 3. The lowest BCUT2D eigenvalue weighted by Gasteiger charge is -2.29. The highest BCUT2D eigenvalue weighted by molar-refractivity contribution is 5.89. The Morgan fingerprint density at radius 2 is 1.70 bits per heavy atom. The topological polar surface area (TPSA) is 84.5 Å². The van der Waals surface area contributed by atoms with E-state index < -0.39 is 17.1 Å². The molecule has 0 aliphatic heterocycles. The van der Waals surface area contributed by atoms with Crippen molar-refractivity contribution >= 4 is 17.8 Å². The summed E-state index contributed by atoms with van der Waals surface area (Å²) in [6.45, 7) is 11.9. The summed E-state index contributed by atoms with van der Waals surface area (Å²) in [7, 11) is 0. The Morgan fingerprint density at radius 3 is 2.15 bits per heavy atom. The molecule has 0 aromatic heterocycles. The zero-order valence-corrected chi connectivity index (χ0v) is 12.8. The van der Waals surface area contributed by atoms with E-state index in [1.807, 2.05) is 0 Å². The molecule has 2 amide bonds. The fourth-order valence-corrected chi connectivity index (χ4v) is 1.24. The van der Waals surface area contributed by atoms with Gasteiger partial charge in [-0.05, 0) is 40.7 Å². The highest BCUT2D eigenvalue weighted by Gasteiger charge is 2.33. The molecule has 6 nitrogen and oxygen atoms in total. The first-order chi connectivity index (χ1) is 8.98.